The van der Waals surface area contributed by atoms with Gasteiger partial charge in [0, 0.05) is 0 Å². The van der Waals surface area contributed by atoms with Gasteiger partial charge in [-0.15, -0.1) is 0 Å². The van der Waals surface area contributed by atoms with E-state index in [1.54, 1.807) is 0 Å². The van der Waals surface area contributed by atoms with Gasteiger partial charge in [-0.1, -0.05) is 52.0 Å². The first kappa shape index (κ1) is 20.7. The van der Waals surface area contributed by atoms with Gasteiger partial charge in [0.25, 0.3) is 0 Å². The van der Waals surface area contributed by atoms with Gasteiger partial charge < -0.3 is 4.55 Å². The van der Waals surface area contributed by atoms with Crippen molar-refractivity contribution < 1.29 is 42.5 Å². The number of hydrogen-bond acceptors (Lipinski definition) is 3. The molecule has 0 amide bonds. The zero-order chi connectivity index (χ0) is 16.5. The third kappa shape index (κ3) is 5.04. The van der Waals surface area contributed by atoms with Crippen molar-refractivity contribution in [2.24, 2.45) is 11.8 Å². The van der Waals surface area contributed by atoms with E-state index in [0.717, 1.165) is 10.8 Å². The maximum Gasteiger partial charge on any atom is 1.00 e. The van der Waals surface area contributed by atoms with Crippen LogP contribution >= 0.6 is 0 Å². The summed E-state index contributed by atoms with van der Waals surface area (Å²) in [7, 11) is -4.50. The molecule has 120 valence electrons. The van der Waals surface area contributed by atoms with Gasteiger partial charge in [-0.2, -0.15) is 0 Å². The molecule has 0 unspecified atom stereocenters. The third-order valence-corrected chi connectivity index (χ3v) is 4.68. The van der Waals surface area contributed by atoms with E-state index in [-0.39, 0.29) is 46.3 Å². The van der Waals surface area contributed by atoms with E-state index >= 15 is 0 Å². The molecule has 0 aliphatic rings. The zero-order valence-corrected chi connectivity index (χ0v) is 17.4. The summed E-state index contributed by atoms with van der Waals surface area (Å²) in [6.45, 7) is 8.12. The van der Waals surface area contributed by atoms with Crippen molar-refractivity contribution in [1.29, 1.82) is 0 Å². The Labute approximate surface area is 161 Å². The van der Waals surface area contributed by atoms with Gasteiger partial charge in [0.15, 0.2) is 0 Å². The van der Waals surface area contributed by atoms with Crippen LogP contribution in [0.1, 0.15) is 38.8 Å². The van der Waals surface area contributed by atoms with Crippen molar-refractivity contribution in [2.75, 3.05) is 0 Å². The molecule has 0 saturated heterocycles. The summed E-state index contributed by atoms with van der Waals surface area (Å²) in [4.78, 5) is 0.00796. The molecule has 0 aliphatic carbocycles. The average molecular weight is 342 g/mol. The van der Waals surface area contributed by atoms with Gasteiger partial charge in [-0.05, 0) is 52.6 Å². The van der Waals surface area contributed by atoms with Crippen LogP contribution in [0, 0.1) is 11.8 Å². The van der Waals surface area contributed by atoms with Crippen LogP contribution in [0.4, 0.5) is 0 Å². The van der Waals surface area contributed by atoms with E-state index in [1.165, 1.54) is 0 Å². The Morgan fingerprint density at radius 2 is 1.57 bits per heavy atom. The van der Waals surface area contributed by atoms with E-state index in [9.17, 15) is 13.0 Å². The molecular weight excluding hydrogens is 319 g/mol. The van der Waals surface area contributed by atoms with Crippen LogP contribution in [0.15, 0.2) is 35.2 Å². The monoisotopic (exact) mass is 342 g/mol. The summed E-state index contributed by atoms with van der Waals surface area (Å²) >= 11 is 0. The molecule has 3 nitrogen and oxygen atoms in total. The van der Waals surface area contributed by atoms with Crippen LogP contribution in [0.3, 0.4) is 0 Å². The van der Waals surface area contributed by atoms with E-state index in [2.05, 4.69) is 0 Å². The van der Waals surface area contributed by atoms with Crippen molar-refractivity contribution in [3.8, 4) is 0 Å². The molecule has 2 aromatic rings. The normalized spacial score (nSPS) is 12.0. The van der Waals surface area contributed by atoms with Crippen LogP contribution in [0.25, 0.3) is 10.8 Å². The summed E-state index contributed by atoms with van der Waals surface area (Å²) < 4.78 is 35.8. The van der Waals surface area contributed by atoms with Crippen LogP contribution in [-0.4, -0.2) is 13.0 Å². The number of benzene rings is 2. The number of rotatable bonds is 5. The second-order valence-electron chi connectivity index (χ2n) is 6.71. The Kier molecular flexibility index (Phi) is 7.30. The van der Waals surface area contributed by atoms with E-state index in [0.29, 0.717) is 24.0 Å². The van der Waals surface area contributed by atoms with Crippen molar-refractivity contribution >= 4 is 20.9 Å². The Morgan fingerprint density at radius 3 is 2.09 bits per heavy atom. The summed E-state index contributed by atoms with van der Waals surface area (Å²) in [6, 6.07) is 9.57. The van der Waals surface area contributed by atoms with Crippen LogP contribution in [-0.2, 0) is 23.0 Å². The predicted molar refractivity (Wildman–Crippen MR) is 89.0 cm³/mol. The molecular formula is C18H23NaO3S. The zero-order valence-electron chi connectivity index (χ0n) is 14.6. The van der Waals surface area contributed by atoms with Crippen molar-refractivity contribution in [3.05, 3.63) is 41.5 Å². The molecule has 23 heavy (non-hydrogen) atoms. The summed E-state index contributed by atoms with van der Waals surface area (Å²) in [6.07, 6.45) is 1.18. The second-order valence-corrected chi connectivity index (χ2v) is 8.03. The maximum atomic E-state index is 11.9. The molecule has 0 spiro atoms. The predicted octanol–water partition coefficient (Wildman–Crippen LogP) is 1.14. The molecule has 0 heterocycles. The molecule has 0 radical (unpaired) electrons. The third-order valence-electron chi connectivity index (χ3n) is 3.67. The van der Waals surface area contributed by atoms with E-state index < -0.39 is 10.1 Å². The van der Waals surface area contributed by atoms with Gasteiger partial charge in [-0.25, -0.2) is 8.42 Å². The molecule has 5 heteroatoms. The van der Waals surface area contributed by atoms with Gasteiger partial charge in [-0.3, -0.25) is 0 Å². The molecule has 0 atom stereocenters. The first-order valence-electron chi connectivity index (χ1n) is 7.69. The minimum Gasteiger partial charge on any atom is -0.744 e. The molecule has 0 bridgehead atoms. The second kappa shape index (κ2) is 8.13. The Balaban J connectivity index is 0.00000264. The largest absolute Gasteiger partial charge is 1.00 e. The quantitative estimate of drug-likeness (QED) is 0.605. The minimum absolute atomic E-state index is 0. The van der Waals surface area contributed by atoms with Crippen LogP contribution in [0.5, 0.6) is 0 Å². The van der Waals surface area contributed by atoms with Crippen molar-refractivity contribution in [3.63, 3.8) is 0 Å². The fourth-order valence-corrected chi connectivity index (χ4v) is 3.94. The molecule has 0 aromatic heterocycles. The minimum atomic E-state index is -4.50. The maximum absolute atomic E-state index is 11.9. The number of hydrogen-bond donors (Lipinski definition) is 0. The van der Waals surface area contributed by atoms with Crippen molar-refractivity contribution in [2.45, 2.75) is 45.4 Å². The molecule has 0 fully saturated rings. The Hall–Kier alpha value is -0.390. The topological polar surface area (TPSA) is 57.2 Å². The Bertz CT molecular complexity index is 780. The molecule has 2 rings (SSSR count). The van der Waals surface area contributed by atoms with Gasteiger partial charge in [0.1, 0.15) is 10.1 Å². The average Bonchev–Trinajstić information content (AvgIpc) is 2.35. The smallest absolute Gasteiger partial charge is 0.744 e. The standard InChI is InChI=1S/C18H24O3S.Na/c1-12(2)9-15-11-14-7-5-6-8-16(14)17(10-13(3)4)18(15)22(19,20)21;/h5-8,11-13H,9-10H2,1-4H3,(H,19,20,21);/q;+1/p-1. The number of fused-ring (bicyclic) bond motifs is 1. The first-order chi connectivity index (χ1) is 10.2. The van der Waals surface area contributed by atoms with E-state index in [1.807, 2.05) is 58.0 Å². The Morgan fingerprint density at radius 1 is 1.00 bits per heavy atom. The molecule has 0 saturated carbocycles. The first-order valence-corrected chi connectivity index (χ1v) is 9.10. The fourth-order valence-electron chi connectivity index (χ4n) is 2.98. The van der Waals surface area contributed by atoms with E-state index in [4.69, 9.17) is 0 Å². The SMILES string of the molecule is CC(C)Cc1cc2ccccc2c(CC(C)C)c1S(=O)(=O)[O-].[Na+]. The molecule has 0 aliphatic heterocycles. The van der Waals surface area contributed by atoms with Crippen LogP contribution < -0.4 is 29.6 Å². The van der Waals surface area contributed by atoms with Crippen molar-refractivity contribution in [1.82, 2.24) is 0 Å². The van der Waals surface area contributed by atoms with Crippen LogP contribution in [0.2, 0.25) is 0 Å². The summed E-state index contributed by atoms with van der Waals surface area (Å²) in [5.41, 5.74) is 1.33. The summed E-state index contributed by atoms with van der Waals surface area (Å²) in [5.74, 6) is 0.562. The van der Waals surface area contributed by atoms with Gasteiger partial charge >= 0.3 is 29.6 Å². The summed E-state index contributed by atoms with van der Waals surface area (Å²) in [5, 5.41) is 1.87. The fraction of sp³-hybridized carbons (Fsp3) is 0.444. The molecule has 2 aromatic carbocycles. The van der Waals surface area contributed by atoms with Gasteiger partial charge in [0.05, 0.1) is 4.90 Å². The molecule has 0 N–H and O–H groups in total. The van der Waals surface area contributed by atoms with Gasteiger partial charge in [0.2, 0.25) is 0 Å².